The number of nitro groups is 1. The molecule has 0 bridgehead atoms. The van der Waals surface area contributed by atoms with E-state index >= 15 is 0 Å². The third-order valence-corrected chi connectivity index (χ3v) is 2.32. The van der Waals surface area contributed by atoms with Crippen molar-refractivity contribution in [1.82, 2.24) is 9.97 Å². The van der Waals surface area contributed by atoms with Crippen molar-refractivity contribution in [2.75, 3.05) is 11.9 Å². The largest absolute Gasteiger partial charge is 0.385 e. The van der Waals surface area contributed by atoms with Crippen LogP contribution in [0.15, 0.2) is 36.7 Å². The number of non-ortho nitro benzene ring substituents is 1. The number of H-pyrrole nitrogens is 1. The average Bonchev–Trinajstić information content (AvgIpc) is 2.83. The van der Waals surface area contributed by atoms with E-state index in [-0.39, 0.29) is 5.69 Å². The van der Waals surface area contributed by atoms with Crippen LogP contribution in [0, 0.1) is 10.1 Å². The van der Waals surface area contributed by atoms with Crippen molar-refractivity contribution in [2.45, 2.75) is 6.42 Å². The van der Waals surface area contributed by atoms with Gasteiger partial charge in [-0.25, -0.2) is 4.98 Å². The van der Waals surface area contributed by atoms with E-state index in [1.165, 1.54) is 12.1 Å². The van der Waals surface area contributed by atoms with E-state index in [4.69, 9.17) is 0 Å². The fraction of sp³-hybridized carbons (Fsp3) is 0.182. The standard InChI is InChI=1S/C11H12N4O2/c16-15(17)10-3-1-9(2-4-10)12-6-5-11-13-7-8-14-11/h1-4,7-8,12H,5-6H2,(H,13,14). The SMILES string of the molecule is O=[N+]([O-])c1ccc(NCCc2ncc[nH]2)cc1. The first-order chi connectivity index (χ1) is 8.25. The molecule has 6 nitrogen and oxygen atoms in total. The zero-order chi connectivity index (χ0) is 12.1. The van der Waals surface area contributed by atoms with Gasteiger partial charge in [0, 0.05) is 43.2 Å². The lowest BCUT2D eigenvalue weighted by molar-refractivity contribution is -0.384. The van der Waals surface area contributed by atoms with Crippen molar-refractivity contribution in [3.63, 3.8) is 0 Å². The fourth-order valence-corrected chi connectivity index (χ4v) is 1.46. The molecule has 0 amide bonds. The van der Waals surface area contributed by atoms with E-state index in [2.05, 4.69) is 15.3 Å². The Morgan fingerprint density at radius 3 is 2.71 bits per heavy atom. The summed E-state index contributed by atoms with van der Waals surface area (Å²) in [6.45, 7) is 0.728. The molecule has 0 atom stereocenters. The number of rotatable bonds is 5. The van der Waals surface area contributed by atoms with E-state index < -0.39 is 4.92 Å². The normalized spacial score (nSPS) is 10.1. The number of benzene rings is 1. The van der Waals surface area contributed by atoms with Gasteiger partial charge in [-0.15, -0.1) is 0 Å². The maximum absolute atomic E-state index is 10.5. The Bertz CT molecular complexity index is 479. The van der Waals surface area contributed by atoms with E-state index in [1.807, 2.05) is 0 Å². The molecule has 0 fully saturated rings. The molecule has 1 aromatic carbocycles. The Hall–Kier alpha value is -2.37. The summed E-state index contributed by atoms with van der Waals surface area (Å²) in [5.41, 5.74) is 0.962. The Kier molecular flexibility index (Phi) is 3.34. The van der Waals surface area contributed by atoms with E-state index in [0.29, 0.717) is 0 Å². The first kappa shape index (κ1) is 11.1. The van der Waals surface area contributed by atoms with Gasteiger partial charge in [0.05, 0.1) is 4.92 Å². The number of aromatic nitrogens is 2. The second-order valence-corrected chi connectivity index (χ2v) is 3.52. The molecule has 0 radical (unpaired) electrons. The summed E-state index contributed by atoms with van der Waals surface area (Å²) >= 11 is 0. The van der Waals surface area contributed by atoms with E-state index in [9.17, 15) is 10.1 Å². The Morgan fingerprint density at radius 1 is 1.35 bits per heavy atom. The molecule has 88 valence electrons. The second-order valence-electron chi connectivity index (χ2n) is 3.52. The second kappa shape index (κ2) is 5.11. The molecule has 2 N–H and O–H groups in total. The molecular weight excluding hydrogens is 220 g/mol. The quantitative estimate of drug-likeness (QED) is 0.609. The Morgan fingerprint density at radius 2 is 2.12 bits per heavy atom. The van der Waals surface area contributed by atoms with Gasteiger partial charge >= 0.3 is 0 Å². The summed E-state index contributed by atoms with van der Waals surface area (Å²) < 4.78 is 0. The molecule has 0 saturated heterocycles. The minimum absolute atomic E-state index is 0.0987. The van der Waals surface area contributed by atoms with Gasteiger partial charge in [-0.1, -0.05) is 0 Å². The molecule has 0 aliphatic carbocycles. The van der Waals surface area contributed by atoms with Gasteiger partial charge in [-0.3, -0.25) is 10.1 Å². The van der Waals surface area contributed by atoms with Crippen LogP contribution in [-0.4, -0.2) is 21.4 Å². The molecule has 1 heterocycles. The van der Waals surface area contributed by atoms with Crippen LogP contribution in [0.2, 0.25) is 0 Å². The first-order valence-electron chi connectivity index (χ1n) is 5.22. The fourth-order valence-electron chi connectivity index (χ4n) is 1.46. The smallest absolute Gasteiger partial charge is 0.269 e. The lowest BCUT2D eigenvalue weighted by Crippen LogP contribution is -2.05. The number of nitrogens with zero attached hydrogens (tertiary/aromatic N) is 2. The number of aromatic amines is 1. The Labute approximate surface area is 97.9 Å². The monoisotopic (exact) mass is 232 g/mol. The van der Waals surface area contributed by atoms with Gasteiger partial charge in [0.2, 0.25) is 0 Å². The Balaban J connectivity index is 1.85. The van der Waals surface area contributed by atoms with Crippen LogP contribution in [0.4, 0.5) is 11.4 Å². The zero-order valence-electron chi connectivity index (χ0n) is 9.09. The summed E-state index contributed by atoms with van der Waals surface area (Å²) in [5, 5.41) is 13.6. The summed E-state index contributed by atoms with van der Waals surface area (Å²) in [5.74, 6) is 0.916. The maximum atomic E-state index is 10.5. The number of hydrogen-bond acceptors (Lipinski definition) is 4. The minimum Gasteiger partial charge on any atom is -0.385 e. The van der Waals surface area contributed by atoms with Gasteiger partial charge in [-0.2, -0.15) is 0 Å². The van der Waals surface area contributed by atoms with Crippen molar-refractivity contribution >= 4 is 11.4 Å². The molecule has 0 unspecified atom stereocenters. The minimum atomic E-state index is -0.410. The number of nitro benzene ring substituents is 1. The lowest BCUT2D eigenvalue weighted by Gasteiger charge is -2.04. The predicted molar refractivity (Wildman–Crippen MR) is 63.9 cm³/mol. The summed E-state index contributed by atoms with van der Waals surface area (Å²) in [6, 6.07) is 6.35. The molecule has 2 aromatic rings. The highest BCUT2D eigenvalue weighted by molar-refractivity contribution is 5.48. The van der Waals surface area contributed by atoms with Gasteiger partial charge < -0.3 is 10.3 Å². The predicted octanol–water partition coefficient (Wildman–Crippen LogP) is 1.97. The van der Waals surface area contributed by atoms with Gasteiger partial charge in [0.25, 0.3) is 5.69 Å². The number of nitrogens with one attached hydrogen (secondary N) is 2. The lowest BCUT2D eigenvalue weighted by atomic mass is 10.3. The summed E-state index contributed by atoms with van der Waals surface area (Å²) in [6.07, 6.45) is 4.27. The van der Waals surface area contributed by atoms with Crippen LogP contribution in [0.25, 0.3) is 0 Å². The highest BCUT2D eigenvalue weighted by atomic mass is 16.6. The van der Waals surface area contributed by atoms with Crippen LogP contribution < -0.4 is 5.32 Å². The third kappa shape index (κ3) is 3.04. The van der Waals surface area contributed by atoms with Crippen molar-refractivity contribution in [1.29, 1.82) is 0 Å². The van der Waals surface area contributed by atoms with Crippen molar-refractivity contribution in [3.8, 4) is 0 Å². The van der Waals surface area contributed by atoms with Crippen molar-refractivity contribution in [3.05, 3.63) is 52.6 Å². The molecule has 2 rings (SSSR count). The highest BCUT2D eigenvalue weighted by Crippen LogP contribution is 2.15. The van der Waals surface area contributed by atoms with Crippen LogP contribution >= 0.6 is 0 Å². The maximum Gasteiger partial charge on any atom is 0.269 e. The molecule has 6 heteroatoms. The molecule has 0 aliphatic heterocycles. The van der Waals surface area contributed by atoms with E-state index in [0.717, 1.165) is 24.5 Å². The number of hydrogen-bond donors (Lipinski definition) is 2. The van der Waals surface area contributed by atoms with Crippen LogP contribution in [-0.2, 0) is 6.42 Å². The number of imidazole rings is 1. The highest BCUT2D eigenvalue weighted by Gasteiger charge is 2.03. The van der Waals surface area contributed by atoms with E-state index in [1.54, 1.807) is 24.5 Å². The van der Waals surface area contributed by atoms with Crippen LogP contribution in [0.3, 0.4) is 0 Å². The topological polar surface area (TPSA) is 83.8 Å². The van der Waals surface area contributed by atoms with Crippen LogP contribution in [0.5, 0.6) is 0 Å². The molecule has 0 spiro atoms. The molecular formula is C11H12N4O2. The third-order valence-electron chi connectivity index (χ3n) is 2.32. The van der Waals surface area contributed by atoms with Crippen molar-refractivity contribution in [2.24, 2.45) is 0 Å². The molecule has 0 saturated carbocycles. The number of anilines is 1. The average molecular weight is 232 g/mol. The van der Waals surface area contributed by atoms with Crippen molar-refractivity contribution < 1.29 is 4.92 Å². The summed E-state index contributed by atoms with van der Waals surface area (Å²) in [7, 11) is 0. The van der Waals surface area contributed by atoms with Gasteiger partial charge in [0.15, 0.2) is 0 Å². The first-order valence-corrected chi connectivity index (χ1v) is 5.22. The zero-order valence-corrected chi connectivity index (χ0v) is 9.09. The molecule has 1 aromatic heterocycles. The van der Waals surface area contributed by atoms with Crippen LogP contribution in [0.1, 0.15) is 5.82 Å². The van der Waals surface area contributed by atoms with Gasteiger partial charge in [-0.05, 0) is 12.1 Å². The molecule has 17 heavy (non-hydrogen) atoms. The molecule has 0 aliphatic rings. The summed E-state index contributed by atoms with van der Waals surface area (Å²) in [4.78, 5) is 17.2. The van der Waals surface area contributed by atoms with Gasteiger partial charge in [0.1, 0.15) is 5.82 Å².